The number of aliphatic carboxylic acids is 1. The van der Waals surface area contributed by atoms with Gasteiger partial charge in [0.1, 0.15) is 18.3 Å². The molecule has 0 amide bonds. The maximum absolute atomic E-state index is 11.5. The first-order valence-corrected chi connectivity index (χ1v) is 15.7. The van der Waals surface area contributed by atoms with Crippen molar-refractivity contribution < 1.29 is 44.9 Å². The van der Waals surface area contributed by atoms with E-state index >= 15 is 0 Å². The molecule has 4 aliphatic rings. The Kier molecular flexibility index (Phi) is 10.5. The zero-order chi connectivity index (χ0) is 31.0. The van der Waals surface area contributed by atoms with Crippen LogP contribution in [-0.2, 0) is 14.3 Å². The number of carboxylic acids is 1. The van der Waals surface area contributed by atoms with Crippen LogP contribution in [0.5, 0.6) is 0 Å². The monoisotopic (exact) mass is 592 g/mol. The molecule has 9 nitrogen and oxygen atoms in total. The molecule has 0 aromatic carbocycles. The highest BCUT2D eigenvalue weighted by Crippen LogP contribution is 2.59. The number of fused-ring (bicyclic) bond motifs is 1. The minimum Gasteiger partial charge on any atom is -0.479 e. The molecule has 238 valence electrons. The van der Waals surface area contributed by atoms with Crippen molar-refractivity contribution in [2.75, 3.05) is 0 Å². The maximum atomic E-state index is 11.5. The van der Waals surface area contributed by atoms with Crippen LogP contribution in [-0.4, -0.2) is 85.1 Å². The third-order valence-corrected chi connectivity index (χ3v) is 10.8. The SMILES string of the molecule is CC(/C=C/C(C)C(C)(C)OC1OC(C(=O)O)C(O)C(O)C1O)C1CCC2/C(=C/C=C3CC(O)CC(O)C3)CCCC21C. The summed E-state index contributed by atoms with van der Waals surface area (Å²) in [5.41, 5.74) is 1.95. The van der Waals surface area contributed by atoms with Crippen molar-refractivity contribution >= 4 is 5.97 Å². The minimum atomic E-state index is -1.75. The number of ether oxygens (including phenoxy) is 2. The molecule has 0 spiro atoms. The molecule has 3 saturated carbocycles. The standard InChI is InChI=1S/C33H52O9/c1-18(8-9-19(2)32(3,4)42-31-28(38)26(36)27(37)29(41-31)30(39)40)24-12-13-25-21(7-6-14-33(24,25)5)11-10-20-15-22(34)17-23(35)16-20/h8-11,18-19,22-29,31,34-38H,6-7,12-17H2,1-5H3,(H,39,40)/b9-8+,20-10?,21-11+. The Bertz CT molecular complexity index is 1040. The Balaban J connectivity index is 1.40. The molecule has 3 aliphatic carbocycles. The highest BCUT2D eigenvalue weighted by atomic mass is 16.7. The molecule has 12 unspecified atom stereocenters. The summed E-state index contributed by atoms with van der Waals surface area (Å²) >= 11 is 0. The highest BCUT2D eigenvalue weighted by Gasteiger charge is 2.51. The summed E-state index contributed by atoms with van der Waals surface area (Å²) < 4.78 is 11.4. The average Bonchev–Trinajstić information content (AvgIpc) is 3.27. The predicted molar refractivity (Wildman–Crippen MR) is 157 cm³/mol. The number of aliphatic hydroxyl groups is 5. The lowest BCUT2D eigenvalue weighted by atomic mass is 9.61. The van der Waals surface area contributed by atoms with E-state index < -0.39 is 54.5 Å². The largest absolute Gasteiger partial charge is 0.479 e. The zero-order valence-corrected chi connectivity index (χ0v) is 25.7. The van der Waals surface area contributed by atoms with Gasteiger partial charge >= 0.3 is 5.97 Å². The molecule has 1 saturated heterocycles. The Hall–Kier alpha value is -1.59. The third-order valence-electron chi connectivity index (χ3n) is 10.8. The van der Waals surface area contributed by atoms with Gasteiger partial charge in [0.05, 0.1) is 17.8 Å². The highest BCUT2D eigenvalue weighted by molar-refractivity contribution is 5.73. The van der Waals surface area contributed by atoms with Gasteiger partial charge in [-0.15, -0.1) is 0 Å². The van der Waals surface area contributed by atoms with Crippen molar-refractivity contribution in [2.24, 2.45) is 29.1 Å². The van der Waals surface area contributed by atoms with Gasteiger partial charge in [-0.25, -0.2) is 4.79 Å². The Morgan fingerprint density at radius 3 is 2.31 bits per heavy atom. The molecular formula is C33H52O9. The lowest BCUT2D eigenvalue weighted by Crippen LogP contribution is -2.61. The van der Waals surface area contributed by atoms with Gasteiger partial charge in [0.2, 0.25) is 0 Å². The molecule has 0 aromatic rings. The zero-order valence-electron chi connectivity index (χ0n) is 25.7. The van der Waals surface area contributed by atoms with Crippen LogP contribution >= 0.6 is 0 Å². The number of allylic oxidation sites excluding steroid dienone is 4. The van der Waals surface area contributed by atoms with Crippen molar-refractivity contribution in [1.82, 2.24) is 0 Å². The first-order valence-electron chi connectivity index (χ1n) is 15.7. The van der Waals surface area contributed by atoms with Gasteiger partial charge in [0, 0.05) is 5.92 Å². The fourth-order valence-electron chi connectivity index (χ4n) is 7.94. The number of carboxylic acid groups (broad SMARTS) is 1. The van der Waals surface area contributed by atoms with Gasteiger partial charge < -0.3 is 40.1 Å². The van der Waals surface area contributed by atoms with Gasteiger partial charge in [-0.3, -0.25) is 0 Å². The Morgan fingerprint density at radius 2 is 1.67 bits per heavy atom. The smallest absolute Gasteiger partial charge is 0.335 e. The second kappa shape index (κ2) is 13.2. The van der Waals surface area contributed by atoms with Crippen LogP contribution in [0.4, 0.5) is 0 Å². The van der Waals surface area contributed by atoms with E-state index in [0.717, 1.165) is 31.3 Å². The second-order valence-electron chi connectivity index (χ2n) is 14.1. The number of aliphatic hydroxyl groups excluding tert-OH is 5. The second-order valence-corrected chi connectivity index (χ2v) is 14.1. The Morgan fingerprint density at radius 1 is 1.00 bits per heavy atom. The predicted octanol–water partition coefficient (Wildman–Crippen LogP) is 3.48. The van der Waals surface area contributed by atoms with Crippen molar-refractivity contribution in [3.63, 3.8) is 0 Å². The summed E-state index contributed by atoms with van der Waals surface area (Å²) in [6.07, 6.45) is 7.19. The minimum absolute atomic E-state index is 0.123. The van der Waals surface area contributed by atoms with Gasteiger partial charge in [-0.05, 0) is 88.4 Å². The first kappa shape index (κ1) is 33.3. The number of rotatable bonds is 8. The molecule has 0 radical (unpaired) electrons. The molecular weight excluding hydrogens is 540 g/mol. The molecule has 4 fully saturated rings. The topological polar surface area (TPSA) is 157 Å². The molecule has 6 N–H and O–H groups in total. The Labute approximate surface area is 249 Å². The van der Waals surface area contributed by atoms with E-state index in [0.29, 0.717) is 37.0 Å². The van der Waals surface area contributed by atoms with Crippen LogP contribution in [0.2, 0.25) is 0 Å². The molecule has 1 heterocycles. The van der Waals surface area contributed by atoms with Crippen molar-refractivity contribution in [3.8, 4) is 0 Å². The van der Waals surface area contributed by atoms with E-state index in [-0.39, 0.29) is 11.3 Å². The molecule has 42 heavy (non-hydrogen) atoms. The van der Waals surface area contributed by atoms with Crippen LogP contribution in [0.1, 0.15) is 86.0 Å². The van der Waals surface area contributed by atoms with Gasteiger partial charge in [-0.1, -0.05) is 56.2 Å². The van der Waals surface area contributed by atoms with E-state index in [4.69, 9.17) is 9.47 Å². The lowest BCUT2D eigenvalue weighted by molar-refractivity contribution is -0.319. The van der Waals surface area contributed by atoms with Crippen LogP contribution in [0, 0.1) is 29.1 Å². The van der Waals surface area contributed by atoms with Crippen LogP contribution in [0.3, 0.4) is 0 Å². The first-order chi connectivity index (χ1) is 19.6. The normalized spacial score (nSPS) is 42.0. The van der Waals surface area contributed by atoms with E-state index in [1.165, 1.54) is 12.0 Å². The van der Waals surface area contributed by atoms with Crippen LogP contribution < -0.4 is 0 Å². The van der Waals surface area contributed by atoms with Gasteiger partial charge in [-0.2, -0.15) is 0 Å². The molecule has 4 rings (SSSR count). The molecule has 0 bridgehead atoms. The van der Waals surface area contributed by atoms with E-state index in [1.807, 2.05) is 20.8 Å². The number of carbonyl (C=O) groups is 1. The summed E-state index contributed by atoms with van der Waals surface area (Å²) in [5, 5.41) is 60.0. The van der Waals surface area contributed by atoms with Crippen LogP contribution in [0.25, 0.3) is 0 Å². The summed E-state index contributed by atoms with van der Waals surface area (Å²) in [6.45, 7) is 10.4. The lowest BCUT2D eigenvalue weighted by Gasteiger charge is -2.44. The van der Waals surface area contributed by atoms with Crippen molar-refractivity contribution in [3.05, 3.63) is 35.5 Å². The fourth-order valence-corrected chi connectivity index (χ4v) is 7.94. The van der Waals surface area contributed by atoms with Crippen molar-refractivity contribution in [1.29, 1.82) is 0 Å². The fraction of sp³-hybridized carbons (Fsp3) is 0.788. The third kappa shape index (κ3) is 7.04. The van der Waals surface area contributed by atoms with E-state index in [1.54, 1.807) is 0 Å². The average molecular weight is 593 g/mol. The van der Waals surface area contributed by atoms with E-state index in [2.05, 4.69) is 38.2 Å². The van der Waals surface area contributed by atoms with Gasteiger partial charge in [0.15, 0.2) is 12.4 Å². The quantitative estimate of drug-likeness (QED) is 0.232. The van der Waals surface area contributed by atoms with E-state index in [9.17, 15) is 35.4 Å². The summed E-state index contributed by atoms with van der Waals surface area (Å²) in [5.74, 6) is -0.198. The molecule has 1 aliphatic heterocycles. The number of hydrogen-bond donors (Lipinski definition) is 6. The molecule has 9 heteroatoms. The summed E-state index contributed by atoms with van der Waals surface area (Å²) in [6, 6.07) is 0. The van der Waals surface area contributed by atoms with Gasteiger partial charge in [0.25, 0.3) is 0 Å². The maximum Gasteiger partial charge on any atom is 0.335 e. The summed E-state index contributed by atoms with van der Waals surface area (Å²) in [4.78, 5) is 11.5. The molecule has 0 aromatic heterocycles. The van der Waals surface area contributed by atoms with Crippen LogP contribution in [0.15, 0.2) is 35.5 Å². The summed E-state index contributed by atoms with van der Waals surface area (Å²) in [7, 11) is 0. The van der Waals surface area contributed by atoms with Crippen molar-refractivity contribution in [2.45, 2.75) is 135 Å². The molecule has 12 atom stereocenters. The number of hydrogen-bond acceptors (Lipinski definition) is 8.